The Morgan fingerprint density at radius 2 is 2.35 bits per heavy atom. The SMILES string of the molecule is Cc1c(C#CCN=[N+]=[N-])cc(F)cc1[N+](=O)[O-]. The van der Waals surface area contributed by atoms with E-state index >= 15 is 0 Å². The van der Waals surface area contributed by atoms with E-state index in [4.69, 9.17) is 5.53 Å². The van der Waals surface area contributed by atoms with Crippen LogP contribution in [0.4, 0.5) is 10.1 Å². The highest BCUT2D eigenvalue weighted by molar-refractivity contribution is 5.52. The third-order valence-electron chi connectivity index (χ3n) is 1.98. The summed E-state index contributed by atoms with van der Waals surface area (Å²) >= 11 is 0. The van der Waals surface area contributed by atoms with Crippen LogP contribution in [0.2, 0.25) is 0 Å². The maximum absolute atomic E-state index is 13.1. The zero-order valence-corrected chi connectivity index (χ0v) is 8.85. The molecule has 0 saturated carbocycles. The zero-order valence-electron chi connectivity index (χ0n) is 8.85. The van der Waals surface area contributed by atoms with E-state index < -0.39 is 10.7 Å². The van der Waals surface area contributed by atoms with Crippen LogP contribution < -0.4 is 0 Å². The Labute approximate surface area is 95.8 Å². The molecule has 0 amide bonds. The molecule has 0 atom stereocenters. The number of rotatable bonds is 2. The second-order valence-corrected chi connectivity index (χ2v) is 3.05. The van der Waals surface area contributed by atoms with Crippen LogP contribution in [0.3, 0.4) is 0 Å². The van der Waals surface area contributed by atoms with Crippen LogP contribution >= 0.6 is 0 Å². The maximum Gasteiger partial charge on any atom is 0.276 e. The molecule has 0 aromatic heterocycles. The number of nitrogens with zero attached hydrogens (tertiary/aromatic N) is 4. The number of benzene rings is 1. The van der Waals surface area contributed by atoms with Gasteiger partial charge in [-0.1, -0.05) is 17.0 Å². The van der Waals surface area contributed by atoms with Crippen molar-refractivity contribution in [3.63, 3.8) is 0 Å². The van der Waals surface area contributed by atoms with Gasteiger partial charge >= 0.3 is 0 Å². The van der Waals surface area contributed by atoms with E-state index in [0.717, 1.165) is 12.1 Å². The lowest BCUT2D eigenvalue weighted by Gasteiger charge is -2.00. The first-order chi connectivity index (χ1) is 8.06. The fourth-order valence-electron chi connectivity index (χ4n) is 1.19. The second kappa shape index (κ2) is 5.49. The third kappa shape index (κ3) is 3.19. The summed E-state index contributed by atoms with van der Waals surface area (Å²) in [6.45, 7) is 1.41. The molecule has 0 unspecified atom stereocenters. The van der Waals surface area contributed by atoms with E-state index in [0.29, 0.717) is 0 Å². The lowest BCUT2D eigenvalue weighted by Crippen LogP contribution is -1.96. The summed E-state index contributed by atoms with van der Waals surface area (Å²) in [7, 11) is 0. The Bertz CT molecular complexity index is 568. The van der Waals surface area contributed by atoms with Gasteiger partial charge in [0.1, 0.15) is 5.82 Å². The zero-order chi connectivity index (χ0) is 12.8. The van der Waals surface area contributed by atoms with E-state index in [1.54, 1.807) is 0 Å². The predicted octanol–water partition coefficient (Wildman–Crippen LogP) is 2.70. The molecule has 0 radical (unpaired) electrons. The van der Waals surface area contributed by atoms with E-state index in [-0.39, 0.29) is 23.4 Å². The molecule has 1 aromatic carbocycles. The number of azide groups is 1. The van der Waals surface area contributed by atoms with Crippen molar-refractivity contribution < 1.29 is 9.31 Å². The van der Waals surface area contributed by atoms with Gasteiger partial charge < -0.3 is 0 Å². The molecule has 0 heterocycles. The average molecular weight is 234 g/mol. The number of hydrogen-bond acceptors (Lipinski definition) is 3. The van der Waals surface area contributed by atoms with Crippen molar-refractivity contribution in [3.05, 3.63) is 49.6 Å². The van der Waals surface area contributed by atoms with Crippen molar-refractivity contribution in [1.29, 1.82) is 0 Å². The molecule has 86 valence electrons. The fourth-order valence-corrected chi connectivity index (χ4v) is 1.19. The first-order valence-corrected chi connectivity index (χ1v) is 4.50. The van der Waals surface area contributed by atoms with Crippen LogP contribution in [0, 0.1) is 34.7 Å². The summed E-state index contributed by atoms with van der Waals surface area (Å²) in [4.78, 5) is 12.4. The molecule has 0 bridgehead atoms. The van der Waals surface area contributed by atoms with Crippen molar-refractivity contribution >= 4 is 5.69 Å². The minimum absolute atomic E-state index is 0.0692. The van der Waals surface area contributed by atoms with E-state index in [1.807, 2.05) is 0 Å². The number of hydrogen-bond donors (Lipinski definition) is 0. The average Bonchev–Trinajstić information content (AvgIpc) is 2.28. The molecule has 0 saturated heterocycles. The topological polar surface area (TPSA) is 91.9 Å². The van der Waals surface area contributed by atoms with Gasteiger partial charge in [0.25, 0.3) is 5.69 Å². The van der Waals surface area contributed by atoms with Crippen molar-refractivity contribution in [2.24, 2.45) is 5.11 Å². The van der Waals surface area contributed by atoms with Crippen LogP contribution in [-0.2, 0) is 0 Å². The van der Waals surface area contributed by atoms with E-state index in [9.17, 15) is 14.5 Å². The number of nitro groups is 1. The van der Waals surface area contributed by atoms with Gasteiger partial charge in [0.2, 0.25) is 0 Å². The fraction of sp³-hybridized carbons (Fsp3) is 0.200. The quantitative estimate of drug-likeness (QED) is 0.196. The van der Waals surface area contributed by atoms with Gasteiger partial charge in [-0.2, -0.15) is 0 Å². The first kappa shape index (κ1) is 12.5. The van der Waals surface area contributed by atoms with Gasteiger partial charge in [0.15, 0.2) is 0 Å². The van der Waals surface area contributed by atoms with Crippen molar-refractivity contribution in [2.45, 2.75) is 6.92 Å². The van der Waals surface area contributed by atoms with Gasteiger partial charge in [-0.05, 0) is 18.5 Å². The highest BCUT2D eigenvalue weighted by Crippen LogP contribution is 2.22. The summed E-state index contributed by atoms with van der Waals surface area (Å²) in [5, 5.41) is 13.8. The molecule has 1 aromatic rings. The predicted molar refractivity (Wildman–Crippen MR) is 58.7 cm³/mol. The Kier molecular flexibility index (Phi) is 4.03. The summed E-state index contributed by atoms with van der Waals surface area (Å²) in [6, 6.07) is 1.94. The summed E-state index contributed by atoms with van der Waals surface area (Å²) in [6.07, 6.45) is 0. The molecule has 0 N–H and O–H groups in total. The van der Waals surface area contributed by atoms with Crippen LogP contribution in [0.5, 0.6) is 0 Å². The summed E-state index contributed by atoms with van der Waals surface area (Å²) in [5.74, 6) is 4.28. The number of halogens is 1. The lowest BCUT2D eigenvalue weighted by molar-refractivity contribution is -0.385. The standard InChI is InChI=1S/C10H7FN4O2/c1-7-8(3-2-4-13-14-12)5-9(11)6-10(7)15(16)17/h5-6H,4H2,1H3. The Hall–Kier alpha value is -2.58. The molecule has 17 heavy (non-hydrogen) atoms. The van der Waals surface area contributed by atoms with Crippen LogP contribution in [-0.4, -0.2) is 11.5 Å². The van der Waals surface area contributed by atoms with Crippen molar-refractivity contribution in [2.75, 3.05) is 6.54 Å². The highest BCUT2D eigenvalue weighted by Gasteiger charge is 2.15. The lowest BCUT2D eigenvalue weighted by atomic mass is 10.1. The smallest absolute Gasteiger partial charge is 0.258 e. The molecule has 1 rings (SSSR count). The van der Waals surface area contributed by atoms with E-state index in [1.165, 1.54) is 6.92 Å². The highest BCUT2D eigenvalue weighted by atomic mass is 19.1. The van der Waals surface area contributed by atoms with Crippen molar-refractivity contribution in [3.8, 4) is 11.8 Å². The van der Waals surface area contributed by atoms with Gasteiger partial charge in [0.05, 0.1) is 17.5 Å². The van der Waals surface area contributed by atoms with E-state index in [2.05, 4.69) is 21.9 Å². The summed E-state index contributed by atoms with van der Waals surface area (Å²) in [5.41, 5.74) is 8.19. The monoisotopic (exact) mass is 234 g/mol. The minimum atomic E-state index is -0.726. The molecule has 0 spiro atoms. The summed E-state index contributed by atoms with van der Waals surface area (Å²) < 4.78 is 13.1. The van der Waals surface area contributed by atoms with Gasteiger partial charge in [0, 0.05) is 16.0 Å². The van der Waals surface area contributed by atoms with Gasteiger partial charge in [-0.15, -0.1) is 0 Å². The van der Waals surface area contributed by atoms with Crippen LogP contribution in [0.1, 0.15) is 11.1 Å². The minimum Gasteiger partial charge on any atom is -0.258 e. The Morgan fingerprint density at radius 1 is 1.65 bits per heavy atom. The molecule has 0 aliphatic rings. The third-order valence-corrected chi connectivity index (χ3v) is 1.98. The molecule has 0 aliphatic heterocycles. The van der Waals surface area contributed by atoms with Gasteiger partial charge in [-0.25, -0.2) is 4.39 Å². The number of nitro benzene ring substituents is 1. The molecular formula is C10H7FN4O2. The van der Waals surface area contributed by atoms with Crippen molar-refractivity contribution in [1.82, 2.24) is 0 Å². The molecule has 6 nitrogen and oxygen atoms in total. The maximum atomic E-state index is 13.1. The normalized spacial score (nSPS) is 8.82. The Morgan fingerprint density at radius 3 is 2.94 bits per heavy atom. The van der Waals surface area contributed by atoms with Gasteiger partial charge in [-0.3, -0.25) is 10.1 Å². The second-order valence-electron chi connectivity index (χ2n) is 3.05. The van der Waals surface area contributed by atoms with Crippen LogP contribution in [0.25, 0.3) is 10.4 Å². The molecular weight excluding hydrogens is 227 g/mol. The first-order valence-electron chi connectivity index (χ1n) is 4.50. The molecule has 0 fully saturated rings. The van der Waals surface area contributed by atoms with Crippen LogP contribution in [0.15, 0.2) is 17.2 Å². The largest absolute Gasteiger partial charge is 0.276 e. The molecule has 0 aliphatic carbocycles. The molecule has 7 heteroatoms. The Balaban J connectivity index is 3.18.